The average Bonchev–Trinajstić information content (AvgIpc) is 2.57. The van der Waals surface area contributed by atoms with Gasteiger partial charge in [-0.05, 0) is 18.6 Å². The number of nitrogens with one attached hydrogen (secondary N) is 1. The summed E-state index contributed by atoms with van der Waals surface area (Å²) in [6.07, 6.45) is 0.562. The van der Waals surface area contributed by atoms with Gasteiger partial charge in [-0.3, -0.25) is 0 Å². The zero-order valence-corrected chi connectivity index (χ0v) is 11.1. The maximum Gasteiger partial charge on any atom is 0.256 e. The van der Waals surface area contributed by atoms with Gasteiger partial charge in [-0.25, -0.2) is 8.42 Å². The van der Waals surface area contributed by atoms with Crippen LogP contribution >= 0.6 is 12.2 Å². The number of ether oxygens (including phenoxy) is 2. The third kappa shape index (κ3) is 6.16. The van der Waals surface area contributed by atoms with E-state index in [1.807, 2.05) is 0 Å². The Hall–Kier alpha value is -0.440. The molecule has 1 saturated heterocycles. The second-order valence-corrected chi connectivity index (χ2v) is 6.32. The lowest BCUT2D eigenvalue weighted by Crippen LogP contribution is -2.36. The van der Waals surface area contributed by atoms with Crippen LogP contribution in [0, 0.1) is 0 Å². The largest absolute Gasteiger partial charge is 0.469 e. The molecule has 0 aromatic carbocycles. The van der Waals surface area contributed by atoms with E-state index in [9.17, 15) is 8.42 Å². The van der Waals surface area contributed by atoms with Gasteiger partial charge in [0.1, 0.15) is 6.61 Å². The van der Waals surface area contributed by atoms with E-state index in [-0.39, 0.29) is 42.5 Å². The first-order chi connectivity index (χ1) is 8.03. The Balaban J connectivity index is 2.09. The van der Waals surface area contributed by atoms with Crippen molar-refractivity contribution in [3.8, 4) is 0 Å². The summed E-state index contributed by atoms with van der Waals surface area (Å²) >= 11 is 4.91. The molecule has 1 rings (SSSR count). The molecular weight excluding hydrogens is 266 g/mol. The van der Waals surface area contributed by atoms with Crippen molar-refractivity contribution in [1.82, 2.24) is 5.32 Å². The van der Waals surface area contributed by atoms with Crippen molar-refractivity contribution >= 4 is 27.2 Å². The minimum absolute atomic E-state index is 0.0252. The summed E-state index contributed by atoms with van der Waals surface area (Å²) in [7, 11) is -2.90. The van der Waals surface area contributed by atoms with E-state index in [2.05, 4.69) is 5.32 Å². The molecule has 2 N–H and O–H groups in total. The van der Waals surface area contributed by atoms with Crippen molar-refractivity contribution < 1.29 is 23.0 Å². The molecule has 1 heterocycles. The van der Waals surface area contributed by atoms with Crippen molar-refractivity contribution in [2.45, 2.75) is 12.5 Å². The van der Waals surface area contributed by atoms with E-state index in [0.29, 0.717) is 13.0 Å². The van der Waals surface area contributed by atoms with E-state index in [0.717, 1.165) is 0 Å². The SMILES string of the molecule is O=S1(=O)CCC(NC(=S)OCCOCCO)C1. The minimum Gasteiger partial charge on any atom is -0.469 e. The minimum atomic E-state index is -2.90. The predicted octanol–water partition coefficient (Wildman–Crippen LogP) is -0.926. The molecule has 1 atom stereocenters. The lowest BCUT2D eigenvalue weighted by atomic mass is 10.3. The van der Waals surface area contributed by atoms with E-state index >= 15 is 0 Å². The lowest BCUT2D eigenvalue weighted by Gasteiger charge is -2.13. The van der Waals surface area contributed by atoms with Gasteiger partial charge in [-0.15, -0.1) is 0 Å². The average molecular weight is 283 g/mol. The molecule has 0 amide bonds. The number of aliphatic hydroxyl groups excluding tert-OH is 1. The van der Waals surface area contributed by atoms with Crippen molar-refractivity contribution in [3.63, 3.8) is 0 Å². The van der Waals surface area contributed by atoms with Crippen molar-refractivity contribution in [3.05, 3.63) is 0 Å². The molecule has 8 heteroatoms. The van der Waals surface area contributed by atoms with Crippen LogP contribution in [-0.4, -0.2) is 62.7 Å². The lowest BCUT2D eigenvalue weighted by molar-refractivity contribution is 0.0675. The molecule has 1 aliphatic heterocycles. The molecule has 0 aliphatic carbocycles. The fourth-order valence-electron chi connectivity index (χ4n) is 1.48. The molecule has 0 radical (unpaired) electrons. The second kappa shape index (κ2) is 7.10. The third-order valence-corrected chi connectivity index (χ3v) is 4.25. The number of thiocarbonyl (C=S) groups is 1. The number of rotatable bonds is 6. The molecular formula is C9H17NO5S2. The molecule has 0 aromatic rings. The zero-order valence-electron chi connectivity index (χ0n) is 9.42. The normalized spacial score (nSPS) is 22.3. The summed E-state index contributed by atoms with van der Waals surface area (Å²) < 4.78 is 32.5. The van der Waals surface area contributed by atoms with Gasteiger partial charge in [0.25, 0.3) is 5.17 Å². The number of hydrogen-bond donors (Lipinski definition) is 2. The van der Waals surface area contributed by atoms with Crippen molar-refractivity contribution in [2.75, 3.05) is 37.9 Å². The predicted molar refractivity (Wildman–Crippen MR) is 66.6 cm³/mol. The van der Waals surface area contributed by atoms with Gasteiger partial charge in [0.05, 0.1) is 31.3 Å². The fourth-order valence-corrected chi connectivity index (χ4v) is 3.40. The first-order valence-electron chi connectivity index (χ1n) is 5.36. The second-order valence-electron chi connectivity index (χ2n) is 3.72. The standard InChI is InChI=1S/C9H17NO5S2/c11-2-3-14-4-5-15-9(16)10-8-1-6-17(12,13)7-8/h8,11H,1-7H2,(H,10,16). The van der Waals surface area contributed by atoms with E-state index in [1.165, 1.54) is 0 Å². The van der Waals surface area contributed by atoms with Crippen LogP contribution in [0.4, 0.5) is 0 Å². The Morgan fingerprint density at radius 3 is 2.76 bits per heavy atom. The summed E-state index contributed by atoms with van der Waals surface area (Å²) in [4.78, 5) is 0. The van der Waals surface area contributed by atoms with Crippen molar-refractivity contribution in [1.29, 1.82) is 0 Å². The van der Waals surface area contributed by atoms with Crippen LogP contribution in [0.3, 0.4) is 0 Å². The monoisotopic (exact) mass is 283 g/mol. The summed E-state index contributed by atoms with van der Waals surface area (Å²) in [5, 5.41) is 11.5. The summed E-state index contributed by atoms with van der Waals surface area (Å²) in [6, 6.07) is -0.147. The molecule has 1 unspecified atom stereocenters. The van der Waals surface area contributed by atoms with Gasteiger partial charge in [-0.1, -0.05) is 0 Å². The van der Waals surface area contributed by atoms with Gasteiger partial charge < -0.3 is 19.9 Å². The summed E-state index contributed by atoms with van der Waals surface area (Å²) in [5.41, 5.74) is 0. The van der Waals surface area contributed by atoms with Gasteiger partial charge in [0.2, 0.25) is 0 Å². The number of sulfone groups is 1. The number of hydrogen-bond acceptors (Lipinski definition) is 6. The molecule has 0 bridgehead atoms. The molecule has 1 fully saturated rings. The fraction of sp³-hybridized carbons (Fsp3) is 0.889. The molecule has 0 spiro atoms. The van der Waals surface area contributed by atoms with Gasteiger partial charge in [0.15, 0.2) is 9.84 Å². The first kappa shape index (κ1) is 14.6. The summed E-state index contributed by atoms with van der Waals surface area (Å²) in [5.74, 6) is 0.310. The smallest absolute Gasteiger partial charge is 0.256 e. The van der Waals surface area contributed by atoms with Gasteiger partial charge in [-0.2, -0.15) is 0 Å². The topological polar surface area (TPSA) is 84.9 Å². The maximum absolute atomic E-state index is 11.2. The number of aliphatic hydroxyl groups is 1. The maximum atomic E-state index is 11.2. The molecule has 0 saturated carbocycles. The van der Waals surface area contributed by atoms with E-state index in [4.69, 9.17) is 26.8 Å². The molecule has 0 aromatic heterocycles. The quantitative estimate of drug-likeness (QED) is 0.481. The third-order valence-electron chi connectivity index (χ3n) is 2.25. The highest BCUT2D eigenvalue weighted by atomic mass is 32.2. The van der Waals surface area contributed by atoms with Crippen LogP contribution in [0.25, 0.3) is 0 Å². The van der Waals surface area contributed by atoms with Crippen molar-refractivity contribution in [2.24, 2.45) is 0 Å². The molecule has 17 heavy (non-hydrogen) atoms. The van der Waals surface area contributed by atoms with Crippen LogP contribution in [-0.2, 0) is 19.3 Å². The van der Waals surface area contributed by atoms with Crippen LogP contribution in [0.5, 0.6) is 0 Å². The van der Waals surface area contributed by atoms with Crippen LogP contribution < -0.4 is 5.32 Å². The van der Waals surface area contributed by atoms with E-state index in [1.54, 1.807) is 0 Å². The molecule has 100 valence electrons. The first-order valence-corrected chi connectivity index (χ1v) is 7.59. The molecule has 1 aliphatic rings. The Labute approximate surface area is 106 Å². The van der Waals surface area contributed by atoms with Gasteiger partial charge in [0, 0.05) is 6.04 Å². The van der Waals surface area contributed by atoms with Crippen LogP contribution in [0.15, 0.2) is 0 Å². The Morgan fingerprint density at radius 1 is 1.41 bits per heavy atom. The Morgan fingerprint density at radius 2 is 2.18 bits per heavy atom. The molecule has 6 nitrogen and oxygen atoms in total. The highest BCUT2D eigenvalue weighted by Crippen LogP contribution is 2.11. The van der Waals surface area contributed by atoms with E-state index < -0.39 is 9.84 Å². The van der Waals surface area contributed by atoms with Crippen LogP contribution in [0.1, 0.15) is 6.42 Å². The summed E-state index contributed by atoms with van der Waals surface area (Å²) in [6.45, 7) is 0.865. The van der Waals surface area contributed by atoms with Gasteiger partial charge >= 0.3 is 0 Å². The van der Waals surface area contributed by atoms with Crippen LogP contribution in [0.2, 0.25) is 0 Å². The highest BCUT2D eigenvalue weighted by molar-refractivity contribution is 7.91. The Bertz CT molecular complexity index is 343. The Kier molecular flexibility index (Phi) is 6.10. The zero-order chi connectivity index (χ0) is 12.7. The highest BCUT2D eigenvalue weighted by Gasteiger charge is 2.28.